The normalized spacial score (nSPS) is 13.8. The number of hydrogen-bond acceptors (Lipinski definition) is 9. The molecule has 0 radical (unpaired) electrons. The number of methoxy groups -OCH3 is 2. The second-order valence-corrected chi connectivity index (χ2v) is 12.5. The molecule has 0 spiro atoms. The highest BCUT2D eigenvalue weighted by atomic mass is 35.5. The lowest BCUT2D eigenvalue weighted by atomic mass is 10.2. The number of fused-ring (bicyclic) bond motifs is 1. The van der Waals surface area contributed by atoms with Crippen molar-refractivity contribution in [1.29, 1.82) is 0 Å². The maximum absolute atomic E-state index is 12.6. The van der Waals surface area contributed by atoms with Gasteiger partial charge in [-0.05, 0) is 60.7 Å². The third kappa shape index (κ3) is 7.19. The number of amides is 1. The summed E-state index contributed by atoms with van der Waals surface area (Å²) in [5, 5.41) is 4.36. The van der Waals surface area contributed by atoms with Gasteiger partial charge in [-0.3, -0.25) is 14.4 Å². The van der Waals surface area contributed by atoms with Gasteiger partial charge in [0.25, 0.3) is 15.9 Å². The van der Waals surface area contributed by atoms with Gasteiger partial charge in [0.05, 0.1) is 23.8 Å². The van der Waals surface area contributed by atoms with Crippen molar-refractivity contribution in [2.45, 2.75) is 4.90 Å². The second-order valence-electron chi connectivity index (χ2n) is 9.37. The first-order chi connectivity index (χ1) is 19.8. The summed E-state index contributed by atoms with van der Waals surface area (Å²) >= 11 is 7.48. The highest BCUT2D eigenvalue weighted by molar-refractivity contribution is 7.92. The molecule has 0 aliphatic carbocycles. The second kappa shape index (κ2) is 13.8. The first-order valence-electron chi connectivity index (χ1n) is 12.9. The lowest BCUT2D eigenvalue weighted by Gasteiger charge is -2.34. The van der Waals surface area contributed by atoms with Gasteiger partial charge in [0.15, 0.2) is 16.6 Å². The van der Waals surface area contributed by atoms with Gasteiger partial charge in [-0.2, -0.15) is 0 Å². The number of carbonyl (C=O) groups excluding carboxylic acids is 1. The number of carbonyl (C=O) groups is 1. The molecule has 1 saturated heterocycles. The Hall–Kier alpha value is -3.29. The van der Waals surface area contributed by atoms with Crippen LogP contribution in [0.5, 0.6) is 11.5 Å². The summed E-state index contributed by atoms with van der Waals surface area (Å²) in [7, 11) is -0.518. The molecular weight excluding hydrogens is 621 g/mol. The summed E-state index contributed by atoms with van der Waals surface area (Å²) in [6, 6.07) is 16.1. The molecule has 5 rings (SSSR count). The van der Waals surface area contributed by atoms with Crippen LogP contribution in [-0.2, 0) is 10.0 Å². The number of nitrogens with zero attached hydrogens (tertiary/aromatic N) is 3. The first kappa shape index (κ1) is 31.6. The number of benzene rings is 3. The quantitative estimate of drug-likeness (QED) is 0.253. The summed E-state index contributed by atoms with van der Waals surface area (Å²) in [6.07, 6.45) is 0. The van der Waals surface area contributed by atoms with Gasteiger partial charge >= 0.3 is 0 Å². The zero-order chi connectivity index (χ0) is 29.0. The molecule has 0 unspecified atom stereocenters. The number of sulfonamides is 1. The van der Waals surface area contributed by atoms with Crippen LogP contribution in [0.2, 0.25) is 5.02 Å². The van der Waals surface area contributed by atoms with Gasteiger partial charge < -0.3 is 19.7 Å². The Balaban J connectivity index is 0.00000405. The van der Waals surface area contributed by atoms with E-state index >= 15 is 0 Å². The Kier molecular flexibility index (Phi) is 10.4. The summed E-state index contributed by atoms with van der Waals surface area (Å²) < 4.78 is 39.6. The Morgan fingerprint density at radius 3 is 2.31 bits per heavy atom. The smallest absolute Gasteiger partial charge is 0.261 e. The monoisotopic (exact) mass is 651 g/mol. The third-order valence-electron chi connectivity index (χ3n) is 6.77. The SMILES string of the molecule is COc1ccc2sc(N3CCN(CCNC(=O)c4ccc(NS(=O)(=O)c5ccc(Cl)cc5)cc4)CC3)nc2c1OC.Cl. The molecule has 42 heavy (non-hydrogen) atoms. The molecule has 1 aliphatic rings. The topological polar surface area (TPSA) is 113 Å². The van der Waals surface area contributed by atoms with Crippen LogP contribution < -0.4 is 24.4 Å². The predicted octanol–water partition coefficient (Wildman–Crippen LogP) is 4.74. The molecule has 2 heterocycles. The van der Waals surface area contributed by atoms with Crippen molar-refractivity contribution in [1.82, 2.24) is 15.2 Å². The Labute approximate surface area is 260 Å². The minimum atomic E-state index is -3.76. The van der Waals surface area contributed by atoms with Crippen molar-refractivity contribution < 1.29 is 22.7 Å². The number of aromatic nitrogens is 1. The standard InChI is InChI=1S/C28H30ClN5O5S2.ClH/c1-38-23-11-12-24-25(26(23)39-2)31-28(40-24)34-17-15-33(16-18-34)14-13-30-27(35)19-3-7-21(8-4-19)32-41(36,37)22-9-5-20(29)6-10-22;/h3-12,32H,13-18H2,1-2H3,(H,30,35);1H. The van der Waals surface area contributed by atoms with Gasteiger partial charge in [-0.1, -0.05) is 22.9 Å². The molecule has 14 heteroatoms. The van der Waals surface area contributed by atoms with E-state index < -0.39 is 10.0 Å². The van der Waals surface area contributed by atoms with Gasteiger partial charge in [-0.25, -0.2) is 13.4 Å². The van der Waals surface area contributed by atoms with Crippen LogP contribution in [-0.4, -0.2) is 77.7 Å². The lowest BCUT2D eigenvalue weighted by molar-refractivity contribution is 0.0948. The largest absolute Gasteiger partial charge is 0.493 e. The van der Waals surface area contributed by atoms with Crippen LogP contribution in [0.1, 0.15) is 10.4 Å². The number of thiazole rings is 1. The van der Waals surface area contributed by atoms with Crippen molar-refractivity contribution in [2.24, 2.45) is 0 Å². The van der Waals surface area contributed by atoms with E-state index in [0.29, 0.717) is 34.3 Å². The number of ether oxygens (including phenoxy) is 2. The third-order valence-corrected chi connectivity index (χ3v) is 9.50. The maximum Gasteiger partial charge on any atom is 0.261 e. The van der Waals surface area contributed by atoms with Gasteiger partial charge in [-0.15, -0.1) is 12.4 Å². The highest BCUT2D eigenvalue weighted by Gasteiger charge is 2.22. The average molecular weight is 653 g/mol. The van der Waals surface area contributed by atoms with Crippen molar-refractivity contribution in [3.8, 4) is 11.5 Å². The Morgan fingerprint density at radius 2 is 1.67 bits per heavy atom. The van der Waals surface area contributed by atoms with Crippen LogP contribution >= 0.6 is 35.3 Å². The Bertz CT molecular complexity index is 1630. The molecule has 0 bridgehead atoms. The van der Waals surface area contributed by atoms with E-state index in [4.69, 9.17) is 26.1 Å². The fourth-order valence-corrected chi connectivity index (χ4v) is 6.74. The summed E-state index contributed by atoms with van der Waals surface area (Å²) in [6.45, 7) is 4.61. The van der Waals surface area contributed by atoms with E-state index in [2.05, 4.69) is 19.8 Å². The molecule has 224 valence electrons. The molecule has 0 atom stereocenters. The van der Waals surface area contributed by atoms with E-state index in [-0.39, 0.29) is 23.2 Å². The minimum Gasteiger partial charge on any atom is -0.493 e. The van der Waals surface area contributed by atoms with E-state index in [1.165, 1.54) is 24.3 Å². The van der Waals surface area contributed by atoms with Crippen LogP contribution in [0, 0.1) is 0 Å². The van der Waals surface area contributed by atoms with Crippen LogP contribution in [0.25, 0.3) is 10.2 Å². The van der Waals surface area contributed by atoms with Crippen molar-refractivity contribution in [3.63, 3.8) is 0 Å². The van der Waals surface area contributed by atoms with E-state index in [0.717, 1.165) is 48.1 Å². The van der Waals surface area contributed by atoms with E-state index in [1.807, 2.05) is 12.1 Å². The molecule has 4 aromatic rings. The van der Waals surface area contributed by atoms with Crippen LogP contribution in [0.15, 0.2) is 65.6 Å². The zero-order valence-electron chi connectivity index (χ0n) is 23.0. The fourth-order valence-electron chi connectivity index (χ4n) is 4.54. The number of nitrogens with one attached hydrogen (secondary N) is 2. The van der Waals surface area contributed by atoms with Gasteiger partial charge in [0.2, 0.25) is 0 Å². The number of halogens is 2. The molecular formula is C28H31Cl2N5O5S2. The van der Waals surface area contributed by atoms with Crippen molar-refractivity contribution in [3.05, 3.63) is 71.2 Å². The fraction of sp³-hybridized carbons (Fsp3) is 0.286. The van der Waals surface area contributed by atoms with E-state index in [1.54, 1.807) is 49.8 Å². The number of rotatable bonds is 10. The average Bonchev–Trinajstić information content (AvgIpc) is 3.42. The van der Waals surface area contributed by atoms with Gasteiger partial charge in [0, 0.05) is 55.5 Å². The molecule has 1 aromatic heterocycles. The highest BCUT2D eigenvalue weighted by Crippen LogP contribution is 2.40. The Morgan fingerprint density at radius 1 is 0.976 bits per heavy atom. The van der Waals surface area contributed by atoms with Crippen molar-refractivity contribution in [2.75, 3.05) is 63.1 Å². The zero-order valence-corrected chi connectivity index (χ0v) is 26.2. The molecule has 10 nitrogen and oxygen atoms in total. The summed E-state index contributed by atoms with van der Waals surface area (Å²) in [5.41, 5.74) is 1.62. The molecule has 1 amide bonds. The molecule has 1 aliphatic heterocycles. The predicted molar refractivity (Wildman–Crippen MR) is 170 cm³/mol. The lowest BCUT2D eigenvalue weighted by Crippen LogP contribution is -2.48. The maximum atomic E-state index is 12.6. The minimum absolute atomic E-state index is 0. The molecule has 2 N–H and O–H groups in total. The van der Waals surface area contributed by atoms with Crippen molar-refractivity contribution >= 4 is 72.3 Å². The van der Waals surface area contributed by atoms with Crippen LogP contribution in [0.3, 0.4) is 0 Å². The van der Waals surface area contributed by atoms with Gasteiger partial charge in [0.1, 0.15) is 5.52 Å². The summed E-state index contributed by atoms with van der Waals surface area (Å²) in [5.74, 6) is 1.10. The number of hydrogen-bond donors (Lipinski definition) is 2. The van der Waals surface area contributed by atoms with E-state index in [9.17, 15) is 13.2 Å². The molecule has 1 fully saturated rings. The molecule has 0 saturated carbocycles. The summed E-state index contributed by atoms with van der Waals surface area (Å²) in [4.78, 5) is 22.1. The number of anilines is 2. The van der Waals surface area contributed by atoms with Crippen LogP contribution in [0.4, 0.5) is 10.8 Å². The molecule has 3 aromatic carbocycles. The first-order valence-corrected chi connectivity index (χ1v) is 15.6. The number of piperazine rings is 1.